The van der Waals surface area contributed by atoms with E-state index in [-0.39, 0.29) is 18.9 Å². The van der Waals surface area contributed by atoms with Crippen LogP contribution < -0.4 is 5.32 Å². The van der Waals surface area contributed by atoms with E-state index >= 15 is 0 Å². The van der Waals surface area contributed by atoms with Gasteiger partial charge in [0, 0.05) is 6.42 Å². The fourth-order valence-corrected chi connectivity index (χ4v) is 12.8. The number of rotatable bonds is 58. The number of nitrogens with one attached hydrogen (secondary N) is 1. The molecule has 3 aliphatic rings. The van der Waals surface area contributed by atoms with Crippen LogP contribution in [0.5, 0.6) is 0 Å². The second-order valence-electron chi connectivity index (χ2n) is 26.8. The molecule has 0 saturated carbocycles. The van der Waals surface area contributed by atoms with E-state index < -0.39 is 124 Å². The van der Waals surface area contributed by atoms with Crippen molar-refractivity contribution < 1.29 is 89.4 Å². The van der Waals surface area contributed by atoms with E-state index in [0.29, 0.717) is 6.42 Å². The Morgan fingerprint density at radius 3 is 1.04 bits per heavy atom. The third-order valence-electron chi connectivity index (χ3n) is 18.8. The first-order valence-electron chi connectivity index (χ1n) is 36.9. The highest BCUT2D eigenvalue weighted by atomic mass is 16.8. The van der Waals surface area contributed by atoms with E-state index in [4.69, 9.17) is 28.4 Å². The third-order valence-corrected chi connectivity index (χ3v) is 18.8. The SMILES string of the molecule is CCCCCCCCC/C=C/C(O)C(COC1OC(CO)C(OC2OC(CO)C(OC3OC(CO)C(O)C(O)C3O)C(O)C2O)C(O)C1O)NC(=O)CCCCCCCCCCCCCCCCCCCCCCCCCCCCCCCCCCCCCC. The monoisotopic (exact) mass is 1290 g/mol. The van der Waals surface area contributed by atoms with E-state index in [2.05, 4.69) is 19.2 Å². The molecule has 0 radical (unpaired) electrons. The maximum atomic E-state index is 13.3. The normalized spacial score (nSPS) is 28.0. The van der Waals surface area contributed by atoms with E-state index in [1.165, 1.54) is 231 Å². The average Bonchev–Trinajstić information content (AvgIpc) is 0.817. The van der Waals surface area contributed by atoms with Gasteiger partial charge < -0.3 is 89.9 Å². The fourth-order valence-electron chi connectivity index (χ4n) is 12.8. The molecule has 0 spiro atoms. The Labute approximate surface area is 544 Å². The van der Waals surface area contributed by atoms with Crippen LogP contribution in [0.25, 0.3) is 0 Å². The maximum absolute atomic E-state index is 13.3. The summed E-state index contributed by atoms with van der Waals surface area (Å²) in [5.74, 6) is -0.272. The van der Waals surface area contributed by atoms with Crippen molar-refractivity contribution >= 4 is 5.91 Å². The van der Waals surface area contributed by atoms with Gasteiger partial charge in [0.05, 0.1) is 38.6 Å². The summed E-state index contributed by atoms with van der Waals surface area (Å²) in [6.07, 6.45) is 34.1. The molecule has 19 nitrogen and oxygen atoms in total. The summed E-state index contributed by atoms with van der Waals surface area (Å²) in [6, 6.07) is -0.967. The number of aliphatic hydroxyl groups excluding tert-OH is 11. The van der Waals surface area contributed by atoms with Crippen LogP contribution in [0.2, 0.25) is 0 Å². The number of carbonyl (C=O) groups is 1. The van der Waals surface area contributed by atoms with Crippen molar-refractivity contribution in [1.29, 1.82) is 0 Å². The van der Waals surface area contributed by atoms with Crippen molar-refractivity contribution in [1.82, 2.24) is 5.32 Å². The van der Waals surface area contributed by atoms with Crippen molar-refractivity contribution in [3.63, 3.8) is 0 Å². The lowest BCUT2D eigenvalue weighted by molar-refractivity contribution is -0.379. The Morgan fingerprint density at radius 1 is 0.389 bits per heavy atom. The van der Waals surface area contributed by atoms with Gasteiger partial charge in [-0.05, 0) is 19.3 Å². The Hall–Kier alpha value is -1.47. The van der Waals surface area contributed by atoms with Crippen molar-refractivity contribution in [2.75, 3.05) is 26.4 Å². The molecule has 3 heterocycles. The van der Waals surface area contributed by atoms with Gasteiger partial charge in [-0.15, -0.1) is 0 Å². The van der Waals surface area contributed by atoms with Gasteiger partial charge in [0.25, 0.3) is 0 Å². The van der Waals surface area contributed by atoms with Crippen LogP contribution in [-0.2, 0) is 33.2 Å². The van der Waals surface area contributed by atoms with Crippen LogP contribution in [0.1, 0.15) is 303 Å². The molecule has 0 aromatic rings. The first-order chi connectivity index (χ1) is 43.8. The van der Waals surface area contributed by atoms with Crippen molar-refractivity contribution in [2.45, 2.75) is 407 Å². The lowest BCUT2D eigenvalue weighted by Gasteiger charge is -2.48. The highest BCUT2D eigenvalue weighted by Crippen LogP contribution is 2.33. The number of unbranched alkanes of at least 4 members (excludes halogenated alkanes) is 42. The topological polar surface area (TPSA) is 307 Å². The molecule has 17 unspecified atom stereocenters. The number of carbonyl (C=O) groups excluding carboxylic acids is 1. The van der Waals surface area contributed by atoms with Crippen LogP contribution in [0.3, 0.4) is 0 Å². The van der Waals surface area contributed by atoms with Crippen molar-refractivity contribution in [3.8, 4) is 0 Å². The maximum Gasteiger partial charge on any atom is 0.220 e. The first-order valence-corrected chi connectivity index (χ1v) is 36.9. The summed E-state index contributed by atoms with van der Waals surface area (Å²) in [6.45, 7) is 1.72. The van der Waals surface area contributed by atoms with Gasteiger partial charge in [-0.25, -0.2) is 0 Å². The second kappa shape index (κ2) is 53.6. The number of ether oxygens (including phenoxy) is 6. The van der Waals surface area contributed by atoms with Gasteiger partial charge in [-0.2, -0.15) is 0 Å². The zero-order valence-corrected chi connectivity index (χ0v) is 56.4. The van der Waals surface area contributed by atoms with Gasteiger partial charge >= 0.3 is 0 Å². The molecule has 12 N–H and O–H groups in total. The zero-order valence-electron chi connectivity index (χ0n) is 56.4. The summed E-state index contributed by atoms with van der Waals surface area (Å²) < 4.78 is 34.3. The third kappa shape index (κ3) is 35.0. The minimum atomic E-state index is -1.97. The molecule has 0 aliphatic carbocycles. The Kier molecular flexibility index (Phi) is 49.3. The smallest absolute Gasteiger partial charge is 0.220 e. The number of hydrogen-bond donors (Lipinski definition) is 12. The molecule has 0 bridgehead atoms. The predicted octanol–water partition coefficient (Wildman–Crippen LogP) is 10.4. The molecule has 17 atom stereocenters. The van der Waals surface area contributed by atoms with E-state index in [0.717, 1.165) is 44.9 Å². The minimum Gasteiger partial charge on any atom is -0.394 e. The number of allylic oxidation sites excluding steroid dienone is 1. The molecule has 532 valence electrons. The molecule has 1 amide bonds. The number of aliphatic hydroxyl groups is 11. The van der Waals surface area contributed by atoms with Crippen molar-refractivity contribution in [3.05, 3.63) is 12.2 Å². The summed E-state index contributed by atoms with van der Waals surface area (Å²) in [5.41, 5.74) is 0. The highest BCUT2D eigenvalue weighted by Gasteiger charge is 2.53. The van der Waals surface area contributed by atoms with E-state index in [1.54, 1.807) is 6.08 Å². The van der Waals surface area contributed by atoms with Crippen LogP contribution in [0.15, 0.2) is 12.2 Å². The Morgan fingerprint density at radius 2 is 0.689 bits per heavy atom. The summed E-state index contributed by atoms with van der Waals surface area (Å²) >= 11 is 0. The lowest BCUT2D eigenvalue weighted by Crippen LogP contribution is -2.66. The fraction of sp³-hybridized carbons (Fsp3) is 0.958. The molecular weight excluding hydrogens is 1150 g/mol. The molecule has 90 heavy (non-hydrogen) atoms. The standard InChI is InChI=1S/C71H135NO18/c1-3-5-7-9-11-13-14-15-16-17-18-19-20-21-22-23-24-25-26-27-28-29-30-31-32-33-34-35-36-37-38-39-41-43-45-47-49-59(77)72-54(55(76)48-46-44-42-40-12-10-8-6-4-2)53-85-69-65(83)62(80)67(57(51-74)87-69)90-71-66(84)63(81)68(58(52-75)88-71)89-70-64(82)61(79)60(78)56(50-73)86-70/h46,48,54-58,60-71,73-76,78-84H,3-45,47,49-53H2,1-2H3,(H,72,77)/b48-46+. The van der Waals surface area contributed by atoms with Crippen LogP contribution in [0, 0.1) is 0 Å². The van der Waals surface area contributed by atoms with Crippen LogP contribution >= 0.6 is 0 Å². The number of amides is 1. The van der Waals surface area contributed by atoms with Crippen LogP contribution in [-0.4, -0.2) is 193 Å². The molecular formula is C71H135NO18. The van der Waals surface area contributed by atoms with Gasteiger partial charge in [0.2, 0.25) is 5.91 Å². The van der Waals surface area contributed by atoms with Gasteiger partial charge in [-0.3, -0.25) is 4.79 Å². The first kappa shape index (κ1) is 82.8. The summed E-state index contributed by atoms with van der Waals surface area (Å²) in [7, 11) is 0. The quantitative estimate of drug-likeness (QED) is 0.0199. The second-order valence-corrected chi connectivity index (χ2v) is 26.8. The minimum absolute atomic E-state index is 0.249. The Bertz CT molecular complexity index is 1680. The number of hydrogen-bond acceptors (Lipinski definition) is 18. The van der Waals surface area contributed by atoms with Gasteiger partial charge in [0.1, 0.15) is 73.2 Å². The molecule has 0 aromatic carbocycles. The molecule has 19 heteroatoms. The predicted molar refractivity (Wildman–Crippen MR) is 351 cm³/mol. The lowest BCUT2D eigenvalue weighted by atomic mass is 9.96. The zero-order chi connectivity index (χ0) is 65.4. The summed E-state index contributed by atoms with van der Waals surface area (Å²) in [5, 5.41) is 120. The highest BCUT2D eigenvalue weighted by molar-refractivity contribution is 5.76. The van der Waals surface area contributed by atoms with Gasteiger partial charge in [-0.1, -0.05) is 289 Å². The molecule has 0 aromatic heterocycles. The Balaban J connectivity index is 1.27. The largest absolute Gasteiger partial charge is 0.394 e. The molecule has 3 aliphatic heterocycles. The van der Waals surface area contributed by atoms with E-state index in [1.807, 2.05) is 6.08 Å². The molecule has 3 rings (SSSR count). The summed E-state index contributed by atoms with van der Waals surface area (Å²) in [4.78, 5) is 13.3. The molecule has 3 saturated heterocycles. The average molecular weight is 1290 g/mol. The van der Waals surface area contributed by atoms with Crippen molar-refractivity contribution in [2.24, 2.45) is 0 Å². The van der Waals surface area contributed by atoms with E-state index in [9.17, 15) is 61.0 Å². The van der Waals surface area contributed by atoms with Crippen LogP contribution in [0.4, 0.5) is 0 Å². The van der Waals surface area contributed by atoms with Gasteiger partial charge in [0.15, 0.2) is 18.9 Å². The molecule has 3 fully saturated rings.